The summed E-state index contributed by atoms with van der Waals surface area (Å²) in [5.41, 5.74) is 2.25. The van der Waals surface area contributed by atoms with Crippen LogP contribution in [0.5, 0.6) is 0 Å². The van der Waals surface area contributed by atoms with Gasteiger partial charge in [-0.2, -0.15) is 11.8 Å². The Bertz CT molecular complexity index is 1010. The van der Waals surface area contributed by atoms with Crippen LogP contribution in [0, 0.1) is 5.92 Å². The molecular weight excluding hydrogens is 499 g/mol. The lowest BCUT2D eigenvalue weighted by Gasteiger charge is -2.30. The molecule has 1 saturated heterocycles. The van der Waals surface area contributed by atoms with Crippen LogP contribution in [0.1, 0.15) is 30.4 Å². The van der Waals surface area contributed by atoms with Crippen molar-refractivity contribution in [1.82, 2.24) is 9.62 Å². The van der Waals surface area contributed by atoms with Crippen LogP contribution < -0.4 is 5.32 Å². The minimum atomic E-state index is -3.28. The minimum Gasteiger partial charge on any atom is -0.355 e. The molecule has 2 aromatic carbocycles. The second-order valence-corrected chi connectivity index (χ2v) is 12.2. The number of carbonyl (C=O) groups excluding carboxylic acids is 1. The Kier molecular flexibility index (Phi) is 10.4. The van der Waals surface area contributed by atoms with Crippen LogP contribution in [0.15, 0.2) is 48.5 Å². The average molecular weight is 530 g/mol. The maximum atomic E-state index is 12.7. The molecule has 33 heavy (non-hydrogen) atoms. The number of piperidine rings is 1. The first-order valence-electron chi connectivity index (χ1n) is 11.2. The lowest BCUT2D eigenvalue weighted by molar-refractivity contribution is -0.125. The van der Waals surface area contributed by atoms with Gasteiger partial charge in [0.2, 0.25) is 15.9 Å². The number of aryl methyl sites for hydroxylation is 1. The standard InChI is InChI=1S/C24H30Cl2N2O3S2/c25-22-9-8-20(17-23(22)26)18-32-15-12-27-24(29)21-10-13-28(14-11-21)33(30,31)16-4-7-19-5-2-1-3-6-19/h1-3,5-6,8-9,17,21H,4,7,10-16,18H2,(H,27,29). The van der Waals surface area contributed by atoms with Crippen LogP contribution >= 0.6 is 35.0 Å². The van der Waals surface area contributed by atoms with E-state index in [9.17, 15) is 13.2 Å². The highest BCUT2D eigenvalue weighted by molar-refractivity contribution is 7.98. The molecule has 5 nitrogen and oxygen atoms in total. The summed E-state index contributed by atoms with van der Waals surface area (Å²) in [6.07, 6.45) is 2.50. The quantitative estimate of drug-likeness (QED) is 0.416. The molecule has 0 radical (unpaired) electrons. The van der Waals surface area contributed by atoms with Gasteiger partial charge in [-0.1, -0.05) is 59.6 Å². The van der Waals surface area contributed by atoms with E-state index in [1.54, 1.807) is 22.1 Å². The predicted molar refractivity (Wildman–Crippen MR) is 138 cm³/mol. The molecule has 0 bridgehead atoms. The van der Waals surface area contributed by atoms with E-state index in [2.05, 4.69) is 5.32 Å². The zero-order valence-corrected chi connectivity index (χ0v) is 21.7. The first-order chi connectivity index (χ1) is 15.8. The largest absolute Gasteiger partial charge is 0.355 e. The van der Waals surface area contributed by atoms with Crippen LogP contribution in [0.3, 0.4) is 0 Å². The number of benzene rings is 2. The zero-order valence-electron chi connectivity index (χ0n) is 18.5. The maximum absolute atomic E-state index is 12.7. The Morgan fingerprint density at radius 1 is 1.03 bits per heavy atom. The molecule has 0 saturated carbocycles. The molecule has 1 aliphatic rings. The Balaban J connectivity index is 1.31. The van der Waals surface area contributed by atoms with Gasteiger partial charge in [0.25, 0.3) is 0 Å². The highest BCUT2D eigenvalue weighted by Gasteiger charge is 2.30. The Labute approximate surface area is 211 Å². The van der Waals surface area contributed by atoms with Gasteiger partial charge in [0.15, 0.2) is 0 Å². The molecule has 1 N–H and O–H groups in total. The maximum Gasteiger partial charge on any atom is 0.223 e. The van der Waals surface area contributed by atoms with Crippen molar-refractivity contribution < 1.29 is 13.2 Å². The van der Waals surface area contributed by atoms with E-state index in [-0.39, 0.29) is 17.6 Å². The Hall–Kier alpha value is -1.25. The first kappa shape index (κ1) is 26.4. The molecule has 1 amide bonds. The van der Waals surface area contributed by atoms with Gasteiger partial charge in [0, 0.05) is 37.1 Å². The van der Waals surface area contributed by atoms with E-state index >= 15 is 0 Å². The second-order valence-electron chi connectivity index (χ2n) is 8.17. The SMILES string of the molecule is O=C(NCCSCc1ccc(Cl)c(Cl)c1)C1CCN(S(=O)(=O)CCCc2ccccc2)CC1. The smallest absolute Gasteiger partial charge is 0.223 e. The summed E-state index contributed by atoms with van der Waals surface area (Å²) in [6, 6.07) is 15.5. The van der Waals surface area contributed by atoms with Crippen molar-refractivity contribution in [2.24, 2.45) is 5.92 Å². The summed E-state index contributed by atoms with van der Waals surface area (Å²) >= 11 is 13.7. The summed E-state index contributed by atoms with van der Waals surface area (Å²) in [7, 11) is -3.28. The summed E-state index contributed by atoms with van der Waals surface area (Å²) in [5.74, 6) is 1.63. The van der Waals surface area contributed by atoms with Crippen molar-refractivity contribution in [2.45, 2.75) is 31.4 Å². The van der Waals surface area contributed by atoms with Crippen molar-refractivity contribution in [1.29, 1.82) is 0 Å². The molecular formula is C24H30Cl2N2O3S2. The van der Waals surface area contributed by atoms with Gasteiger partial charge >= 0.3 is 0 Å². The van der Waals surface area contributed by atoms with E-state index in [1.807, 2.05) is 42.5 Å². The number of hydrogen-bond donors (Lipinski definition) is 1. The van der Waals surface area contributed by atoms with Crippen molar-refractivity contribution in [3.8, 4) is 0 Å². The molecule has 1 fully saturated rings. The van der Waals surface area contributed by atoms with Crippen LogP contribution in [0.4, 0.5) is 0 Å². The zero-order chi connectivity index (χ0) is 23.7. The highest BCUT2D eigenvalue weighted by Crippen LogP contribution is 2.25. The molecule has 0 aliphatic carbocycles. The van der Waals surface area contributed by atoms with Crippen molar-refractivity contribution in [3.05, 3.63) is 69.7 Å². The predicted octanol–water partition coefficient (Wildman–Crippen LogP) is 5.02. The first-order valence-corrected chi connectivity index (χ1v) is 14.7. The molecule has 0 unspecified atom stereocenters. The third-order valence-corrected chi connectivity index (χ3v) is 9.45. The van der Waals surface area contributed by atoms with Crippen LogP contribution in [-0.4, -0.2) is 49.8 Å². The molecule has 0 spiro atoms. The summed E-state index contributed by atoms with van der Waals surface area (Å²) in [4.78, 5) is 12.5. The lowest BCUT2D eigenvalue weighted by atomic mass is 9.97. The van der Waals surface area contributed by atoms with Crippen LogP contribution in [0.25, 0.3) is 0 Å². The van der Waals surface area contributed by atoms with Gasteiger partial charge in [-0.05, 0) is 48.9 Å². The number of nitrogens with zero attached hydrogens (tertiary/aromatic N) is 1. The fourth-order valence-electron chi connectivity index (χ4n) is 3.84. The van der Waals surface area contributed by atoms with Gasteiger partial charge in [-0.15, -0.1) is 0 Å². The highest BCUT2D eigenvalue weighted by atomic mass is 35.5. The normalized spacial score (nSPS) is 15.5. The fourth-order valence-corrected chi connectivity index (χ4v) is 6.50. The lowest BCUT2D eigenvalue weighted by Crippen LogP contribution is -2.44. The number of amides is 1. The van der Waals surface area contributed by atoms with Crippen LogP contribution in [-0.2, 0) is 27.0 Å². The molecule has 2 aromatic rings. The third-order valence-electron chi connectivity index (χ3n) is 5.73. The van der Waals surface area contributed by atoms with E-state index in [4.69, 9.17) is 23.2 Å². The van der Waals surface area contributed by atoms with Gasteiger partial charge in [0.05, 0.1) is 15.8 Å². The number of hydrogen-bond acceptors (Lipinski definition) is 4. The number of rotatable bonds is 11. The second kappa shape index (κ2) is 13.0. The van der Waals surface area contributed by atoms with E-state index in [1.165, 1.54) is 0 Å². The number of sulfonamides is 1. The molecule has 1 aliphatic heterocycles. The van der Waals surface area contributed by atoms with Crippen molar-refractivity contribution in [2.75, 3.05) is 31.1 Å². The average Bonchev–Trinajstić information content (AvgIpc) is 2.81. The van der Waals surface area contributed by atoms with Crippen molar-refractivity contribution in [3.63, 3.8) is 0 Å². The van der Waals surface area contributed by atoms with Crippen molar-refractivity contribution >= 4 is 50.9 Å². The fraction of sp³-hybridized carbons (Fsp3) is 0.458. The molecule has 1 heterocycles. The summed E-state index contributed by atoms with van der Waals surface area (Å²) in [6.45, 7) is 1.42. The third kappa shape index (κ3) is 8.48. The molecule has 0 aromatic heterocycles. The Morgan fingerprint density at radius 2 is 1.76 bits per heavy atom. The number of thioether (sulfide) groups is 1. The number of halogens is 2. The Morgan fingerprint density at radius 3 is 2.45 bits per heavy atom. The van der Waals surface area contributed by atoms with Gasteiger partial charge in [0.1, 0.15) is 0 Å². The topological polar surface area (TPSA) is 66.5 Å². The van der Waals surface area contributed by atoms with E-state index in [0.29, 0.717) is 48.9 Å². The van der Waals surface area contributed by atoms with Gasteiger partial charge in [-0.3, -0.25) is 4.79 Å². The van der Waals surface area contributed by atoms with E-state index < -0.39 is 10.0 Å². The number of nitrogens with one attached hydrogen (secondary N) is 1. The van der Waals surface area contributed by atoms with Gasteiger partial charge in [-0.25, -0.2) is 12.7 Å². The van der Waals surface area contributed by atoms with E-state index in [0.717, 1.165) is 29.1 Å². The monoisotopic (exact) mass is 528 g/mol. The summed E-state index contributed by atoms with van der Waals surface area (Å²) in [5, 5.41) is 4.08. The minimum absolute atomic E-state index is 0.0197. The molecule has 0 atom stereocenters. The molecule has 3 rings (SSSR count). The molecule has 9 heteroatoms. The summed E-state index contributed by atoms with van der Waals surface area (Å²) < 4.78 is 26.9. The molecule has 180 valence electrons. The van der Waals surface area contributed by atoms with Crippen LogP contribution in [0.2, 0.25) is 10.0 Å². The van der Waals surface area contributed by atoms with Gasteiger partial charge < -0.3 is 5.32 Å². The number of carbonyl (C=O) groups is 1.